The highest BCUT2D eigenvalue weighted by Gasteiger charge is 2.35. The second-order valence-corrected chi connectivity index (χ2v) is 7.18. The Labute approximate surface area is 152 Å². The molecule has 7 nitrogen and oxygen atoms in total. The van der Waals surface area contributed by atoms with E-state index in [4.69, 9.17) is 0 Å². The molecule has 0 amide bonds. The maximum Gasteiger partial charge on any atom is 0.156 e. The van der Waals surface area contributed by atoms with E-state index in [9.17, 15) is 0 Å². The molecule has 1 N–H and O–H groups in total. The van der Waals surface area contributed by atoms with Crippen LogP contribution >= 0.6 is 0 Å². The first-order valence-corrected chi connectivity index (χ1v) is 9.23. The van der Waals surface area contributed by atoms with Crippen molar-refractivity contribution in [3.8, 4) is 0 Å². The molecule has 0 radical (unpaired) electrons. The Bertz CT molecular complexity index is 893. The molecule has 2 aliphatic rings. The number of aryl methyl sites for hydroxylation is 1. The smallest absolute Gasteiger partial charge is 0.156 e. The van der Waals surface area contributed by atoms with E-state index >= 15 is 0 Å². The molecule has 0 unspecified atom stereocenters. The van der Waals surface area contributed by atoms with Crippen LogP contribution in [0.5, 0.6) is 0 Å². The molecule has 0 aliphatic carbocycles. The Morgan fingerprint density at radius 2 is 1.85 bits per heavy atom. The number of aromatic nitrogens is 4. The summed E-state index contributed by atoms with van der Waals surface area (Å²) in [4.78, 5) is 24.1. The lowest BCUT2D eigenvalue weighted by Gasteiger charge is -2.48. The minimum atomic E-state index is 0.613. The van der Waals surface area contributed by atoms with Gasteiger partial charge in [-0.3, -0.25) is 4.90 Å². The number of anilines is 2. The summed E-state index contributed by atoms with van der Waals surface area (Å²) in [5, 5.41) is 0. The van der Waals surface area contributed by atoms with Crippen molar-refractivity contribution in [1.82, 2.24) is 24.8 Å². The van der Waals surface area contributed by atoms with E-state index in [0.29, 0.717) is 6.04 Å². The van der Waals surface area contributed by atoms with Gasteiger partial charge in [-0.2, -0.15) is 0 Å². The van der Waals surface area contributed by atoms with Crippen LogP contribution in [-0.2, 0) is 0 Å². The van der Waals surface area contributed by atoms with E-state index in [0.717, 1.165) is 67.6 Å². The minimum absolute atomic E-state index is 0.613. The monoisotopic (exact) mass is 349 g/mol. The fourth-order valence-electron chi connectivity index (χ4n) is 4.01. The Morgan fingerprint density at radius 3 is 2.62 bits per heavy atom. The molecule has 0 spiro atoms. The number of fused-ring (bicyclic) bond motifs is 1. The second-order valence-electron chi connectivity index (χ2n) is 7.18. The molecular weight excluding hydrogens is 326 g/mol. The molecule has 2 saturated heterocycles. The summed E-state index contributed by atoms with van der Waals surface area (Å²) < 4.78 is 0. The van der Waals surface area contributed by atoms with Crippen LogP contribution in [0.2, 0.25) is 0 Å². The zero-order chi connectivity index (χ0) is 17.5. The summed E-state index contributed by atoms with van der Waals surface area (Å²) in [7, 11) is 0. The number of H-pyrrole nitrogens is 1. The van der Waals surface area contributed by atoms with Gasteiger partial charge in [-0.25, -0.2) is 15.0 Å². The average Bonchev–Trinajstić information content (AvgIpc) is 3.03. The number of rotatable bonds is 3. The predicted molar refractivity (Wildman–Crippen MR) is 103 cm³/mol. The highest BCUT2D eigenvalue weighted by atomic mass is 15.4. The van der Waals surface area contributed by atoms with Crippen molar-refractivity contribution in [1.29, 1.82) is 0 Å². The van der Waals surface area contributed by atoms with E-state index in [-0.39, 0.29) is 0 Å². The second kappa shape index (κ2) is 6.25. The number of pyridine rings is 1. The van der Waals surface area contributed by atoms with E-state index in [1.807, 2.05) is 12.3 Å². The SMILES string of the molecule is Cc1cc2ncnc(N3CC(N4CCN(c5ccccn5)CC4)C3)c2[nH]1. The number of hydrogen-bond acceptors (Lipinski definition) is 6. The Balaban J connectivity index is 1.21. The van der Waals surface area contributed by atoms with Crippen LogP contribution in [0.3, 0.4) is 0 Å². The van der Waals surface area contributed by atoms with E-state index in [1.165, 1.54) is 0 Å². The molecule has 26 heavy (non-hydrogen) atoms. The van der Waals surface area contributed by atoms with Crippen molar-refractivity contribution >= 4 is 22.7 Å². The summed E-state index contributed by atoms with van der Waals surface area (Å²) >= 11 is 0. The van der Waals surface area contributed by atoms with E-state index < -0.39 is 0 Å². The van der Waals surface area contributed by atoms with Gasteiger partial charge in [0.15, 0.2) is 5.82 Å². The first-order valence-electron chi connectivity index (χ1n) is 9.23. The van der Waals surface area contributed by atoms with E-state index in [2.05, 4.69) is 59.8 Å². The van der Waals surface area contributed by atoms with E-state index in [1.54, 1.807) is 6.33 Å². The summed E-state index contributed by atoms with van der Waals surface area (Å²) in [5.41, 5.74) is 3.19. The highest BCUT2D eigenvalue weighted by Crippen LogP contribution is 2.28. The van der Waals surface area contributed by atoms with Crippen molar-refractivity contribution in [2.45, 2.75) is 13.0 Å². The van der Waals surface area contributed by atoms with Crippen LogP contribution < -0.4 is 9.80 Å². The van der Waals surface area contributed by atoms with Gasteiger partial charge in [0.1, 0.15) is 17.7 Å². The third-order valence-electron chi connectivity index (χ3n) is 5.50. The average molecular weight is 349 g/mol. The maximum atomic E-state index is 4.52. The molecule has 0 bridgehead atoms. The molecule has 5 rings (SSSR count). The van der Waals surface area contributed by atoms with Gasteiger partial charge in [0.25, 0.3) is 0 Å². The Kier molecular flexibility index (Phi) is 3.74. The van der Waals surface area contributed by atoms with Crippen LogP contribution in [0, 0.1) is 6.92 Å². The summed E-state index contributed by atoms with van der Waals surface area (Å²) in [6.45, 7) is 8.40. The first-order chi connectivity index (χ1) is 12.8. The maximum absolute atomic E-state index is 4.52. The fraction of sp³-hybridized carbons (Fsp3) is 0.421. The standard InChI is InChI=1S/C19H23N7/c1-14-10-16-18(23-14)19(22-13-21-16)26-11-15(12-26)24-6-8-25(9-7-24)17-4-2-3-5-20-17/h2-5,10,13,15,23H,6-9,11-12H2,1H3. The summed E-state index contributed by atoms with van der Waals surface area (Å²) in [6, 6.07) is 8.82. The van der Waals surface area contributed by atoms with Gasteiger partial charge in [0.2, 0.25) is 0 Å². The zero-order valence-corrected chi connectivity index (χ0v) is 15.0. The molecule has 7 heteroatoms. The van der Waals surface area contributed by atoms with Crippen LogP contribution in [0.25, 0.3) is 11.0 Å². The number of aromatic amines is 1. The lowest BCUT2D eigenvalue weighted by molar-refractivity contribution is 0.156. The molecular formula is C19H23N7. The third kappa shape index (κ3) is 2.68. The lowest BCUT2D eigenvalue weighted by atomic mass is 10.1. The zero-order valence-electron chi connectivity index (χ0n) is 15.0. The predicted octanol–water partition coefficient (Wildman–Crippen LogP) is 1.67. The van der Waals surface area contributed by atoms with Crippen LogP contribution in [0.4, 0.5) is 11.6 Å². The van der Waals surface area contributed by atoms with Crippen LogP contribution in [0.1, 0.15) is 5.69 Å². The normalized spacial score (nSPS) is 19.1. The number of hydrogen-bond donors (Lipinski definition) is 1. The topological polar surface area (TPSA) is 64.2 Å². The largest absolute Gasteiger partial charge is 0.354 e. The molecule has 0 saturated carbocycles. The van der Waals surface area contributed by atoms with Gasteiger partial charge in [0.05, 0.1) is 5.52 Å². The molecule has 0 aromatic carbocycles. The van der Waals surface area contributed by atoms with Gasteiger partial charge in [-0.05, 0) is 25.1 Å². The molecule has 2 aliphatic heterocycles. The Morgan fingerprint density at radius 1 is 1.00 bits per heavy atom. The summed E-state index contributed by atoms with van der Waals surface area (Å²) in [5.74, 6) is 2.12. The van der Waals surface area contributed by atoms with Crippen LogP contribution in [0.15, 0.2) is 36.8 Å². The van der Waals surface area contributed by atoms with Gasteiger partial charge in [0, 0.05) is 57.2 Å². The number of nitrogens with one attached hydrogen (secondary N) is 1. The van der Waals surface area contributed by atoms with Gasteiger partial charge >= 0.3 is 0 Å². The van der Waals surface area contributed by atoms with Crippen molar-refractivity contribution in [3.63, 3.8) is 0 Å². The molecule has 3 aromatic heterocycles. The quantitative estimate of drug-likeness (QED) is 0.776. The van der Waals surface area contributed by atoms with Crippen molar-refractivity contribution in [3.05, 3.63) is 42.5 Å². The van der Waals surface area contributed by atoms with Crippen molar-refractivity contribution in [2.24, 2.45) is 0 Å². The lowest BCUT2D eigenvalue weighted by Crippen LogP contribution is -2.63. The number of nitrogens with zero attached hydrogens (tertiary/aromatic N) is 6. The van der Waals surface area contributed by atoms with Gasteiger partial charge in [-0.15, -0.1) is 0 Å². The third-order valence-corrected chi connectivity index (χ3v) is 5.50. The Hall–Kier alpha value is -2.67. The minimum Gasteiger partial charge on any atom is -0.354 e. The molecule has 2 fully saturated rings. The number of piperazine rings is 1. The van der Waals surface area contributed by atoms with Crippen molar-refractivity contribution < 1.29 is 0 Å². The molecule has 0 atom stereocenters. The first kappa shape index (κ1) is 15.6. The fourth-order valence-corrected chi connectivity index (χ4v) is 4.01. The molecule has 134 valence electrons. The van der Waals surface area contributed by atoms with Crippen molar-refractivity contribution in [2.75, 3.05) is 49.1 Å². The van der Waals surface area contributed by atoms with Crippen LogP contribution in [-0.4, -0.2) is 70.1 Å². The highest BCUT2D eigenvalue weighted by molar-refractivity contribution is 5.87. The molecule has 3 aromatic rings. The van der Waals surface area contributed by atoms with Gasteiger partial charge in [-0.1, -0.05) is 6.07 Å². The molecule has 5 heterocycles. The summed E-state index contributed by atoms with van der Waals surface area (Å²) in [6.07, 6.45) is 3.54. The van der Waals surface area contributed by atoms with Gasteiger partial charge < -0.3 is 14.8 Å².